The number of hydrogen-bond donors (Lipinski definition) is 1. The molecule has 0 unspecified atom stereocenters. The Morgan fingerprint density at radius 3 is 2.62 bits per heavy atom. The van der Waals surface area contributed by atoms with Crippen molar-refractivity contribution in [2.24, 2.45) is 0 Å². The molecular formula is C13H13FN2. The smallest absolute Gasteiger partial charge is 0.126 e. The van der Waals surface area contributed by atoms with Gasteiger partial charge in [-0.25, -0.2) is 9.37 Å². The van der Waals surface area contributed by atoms with Gasteiger partial charge in [-0.05, 0) is 42.7 Å². The number of nitrogens with zero attached hydrogens (tertiary/aromatic N) is 1. The van der Waals surface area contributed by atoms with Crippen molar-refractivity contribution in [1.82, 2.24) is 4.98 Å². The van der Waals surface area contributed by atoms with Crippen LogP contribution in [0.1, 0.15) is 11.1 Å². The molecule has 0 aliphatic heterocycles. The molecule has 0 radical (unpaired) electrons. The number of aryl methyl sites for hydroxylation is 1. The SMILES string of the molecule is Cc1cc(N)ncc1-c1cccc(F)c1C. The van der Waals surface area contributed by atoms with Crippen molar-refractivity contribution in [3.05, 3.63) is 47.4 Å². The van der Waals surface area contributed by atoms with Gasteiger partial charge < -0.3 is 5.73 Å². The molecule has 0 atom stereocenters. The predicted octanol–water partition coefficient (Wildman–Crippen LogP) is 3.09. The number of nitrogen functional groups attached to an aromatic ring is 1. The van der Waals surface area contributed by atoms with Crippen molar-refractivity contribution in [3.8, 4) is 11.1 Å². The van der Waals surface area contributed by atoms with Crippen LogP contribution in [0.2, 0.25) is 0 Å². The topological polar surface area (TPSA) is 38.9 Å². The molecule has 0 aliphatic rings. The summed E-state index contributed by atoms with van der Waals surface area (Å²) < 4.78 is 13.4. The van der Waals surface area contributed by atoms with Crippen LogP contribution in [-0.4, -0.2) is 4.98 Å². The zero-order valence-electron chi connectivity index (χ0n) is 9.29. The molecule has 0 fully saturated rings. The van der Waals surface area contributed by atoms with Crippen LogP contribution < -0.4 is 5.73 Å². The number of aromatic nitrogens is 1. The monoisotopic (exact) mass is 216 g/mol. The van der Waals surface area contributed by atoms with Crippen LogP contribution in [0, 0.1) is 19.7 Å². The number of nitrogens with two attached hydrogens (primary N) is 1. The fourth-order valence-electron chi connectivity index (χ4n) is 1.76. The minimum Gasteiger partial charge on any atom is -0.384 e. The average molecular weight is 216 g/mol. The lowest BCUT2D eigenvalue weighted by atomic mass is 9.98. The van der Waals surface area contributed by atoms with E-state index >= 15 is 0 Å². The molecule has 2 aromatic rings. The van der Waals surface area contributed by atoms with E-state index in [2.05, 4.69) is 4.98 Å². The van der Waals surface area contributed by atoms with E-state index in [4.69, 9.17) is 5.73 Å². The lowest BCUT2D eigenvalue weighted by Crippen LogP contribution is -1.95. The fourth-order valence-corrected chi connectivity index (χ4v) is 1.76. The summed E-state index contributed by atoms with van der Waals surface area (Å²) in [6.45, 7) is 3.71. The number of pyridine rings is 1. The zero-order chi connectivity index (χ0) is 11.7. The highest BCUT2D eigenvalue weighted by Gasteiger charge is 2.08. The maximum absolute atomic E-state index is 13.4. The number of hydrogen-bond acceptors (Lipinski definition) is 2. The predicted molar refractivity (Wildman–Crippen MR) is 63.5 cm³/mol. The van der Waals surface area contributed by atoms with Gasteiger partial charge in [0, 0.05) is 11.8 Å². The molecular weight excluding hydrogens is 203 g/mol. The Kier molecular flexibility index (Phi) is 2.60. The number of rotatable bonds is 1. The van der Waals surface area contributed by atoms with Crippen molar-refractivity contribution in [3.63, 3.8) is 0 Å². The van der Waals surface area contributed by atoms with Crippen LogP contribution >= 0.6 is 0 Å². The van der Waals surface area contributed by atoms with Crippen LogP contribution in [0.4, 0.5) is 10.2 Å². The molecule has 2 nitrogen and oxygen atoms in total. The molecule has 0 spiro atoms. The summed E-state index contributed by atoms with van der Waals surface area (Å²) in [6.07, 6.45) is 1.69. The molecule has 2 N–H and O–H groups in total. The first-order chi connectivity index (χ1) is 7.59. The highest BCUT2D eigenvalue weighted by atomic mass is 19.1. The first-order valence-electron chi connectivity index (χ1n) is 5.07. The molecule has 1 aromatic heterocycles. The lowest BCUT2D eigenvalue weighted by molar-refractivity contribution is 0.619. The van der Waals surface area contributed by atoms with Crippen molar-refractivity contribution in [2.75, 3.05) is 5.73 Å². The standard InChI is InChI=1S/C13H13FN2/c1-8-6-13(15)16-7-11(8)10-4-3-5-12(14)9(10)2/h3-7H,1-2H3,(H2,15,16). The first kappa shape index (κ1) is 10.6. The quantitative estimate of drug-likeness (QED) is 0.795. The second-order valence-electron chi connectivity index (χ2n) is 3.84. The number of halogens is 1. The van der Waals surface area contributed by atoms with E-state index in [9.17, 15) is 4.39 Å². The van der Waals surface area contributed by atoms with Gasteiger partial charge in [0.15, 0.2) is 0 Å². The van der Waals surface area contributed by atoms with Gasteiger partial charge in [-0.2, -0.15) is 0 Å². The molecule has 82 valence electrons. The molecule has 0 saturated carbocycles. The molecule has 1 heterocycles. The summed E-state index contributed by atoms with van der Waals surface area (Å²) in [5.74, 6) is 0.282. The summed E-state index contributed by atoms with van der Waals surface area (Å²) in [5.41, 5.74) is 9.01. The van der Waals surface area contributed by atoms with E-state index < -0.39 is 0 Å². The Balaban J connectivity index is 2.63. The summed E-state index contributed by atoms with van der Waals surface area (Å²) in [6, 6.07) is 6.84. The molecule has 0 saturated heterocycles. The summed E-state index contributed by atoms with van der Waals surface area (Å²) in [5, 5.41) is 0. The van der Waals surface area contributed by atoms with Gasteiger partial charge in [0.2, 0.25) is 0 Å². The van der Waals surface area contributed by atoms with Gasteiger partial charge >= 0.3 is 0 Å². The third-order valence-electron chi connectivity index (χ3n) is 2.69. The highest BCUT2D eigenvalue weighted by Crippen LogP contribution is 2.27. The summed E-state index contributed by atoms with van der Waals surface area (Å²) in [4.78, 5) is 4.04. The normalized spacial score (nSPS) is 10.4. The number of anilines is 1. The Hall–Kier alpha value is -1.90. The van der Waals surface area contributed by atoms with Crippen LogP contribution in [-0.2, 0) is 0 Å². The van der Waals surface area contributed by atoms with Crippen LogP contribution in [0.25, 0.3) is 11.1 Å². The molecule has 16 heavy (non-hydrogen) atoms. The van der Waals surface area contributed by atoms with Crippen molar-refractivity contribution >= 4 is 5.82 Å². The average Bonchev–Trinajstić information content (AvgIpc) is 2.23. The molecule has 0 aliphatic carbocycles. The van der Waals surface area contributed by atoms with E-state index in [0.29, 0.717) is 11.4 Å². The Bertz CT molecular complexity index is 535. The lowest BCUT2D eigenvalue weighted by Gasteiger charge is -2.09. The maximum atomic E-state index is 13.4. The van der Waals surface area contributed by atoms with Gasteiger partial charge in [-0.15, -0.1) is 0 Å². The molecule has 1 aromatic carbocycles. The molecule has 0 bridgehead atoms. The molecule has 3 heteroatoms. The summed E-state index contributed by atoms with van der Waals surface area (Å²) >= 11 is 0. The van der Waals surface area contributed by atoms with E-state index in [0.717, 1.165) is 16.7 Å². The van der Waals surface area contributed by atoms with Crippen LogP contribution in [0.5, 0.6) is 0 Å². The first-order valence-corrected chi connectivity index (χ1v) is 5.07. The van der Waals surface area contributed by atoms with E-state index in [1.165, 1.54) is 6.07 Å². The van der Waals surface area contributed by atoms with E-state index in [1.54, 1.807) is 25.3 Å². The maximum Gasteiger partial charge on any atom is 0.126 e. The fraction of sp³-hybridized carbons (Fsp3) is 0.154. The van der Waals surface area contributed by atoms with Gasteiger partial charge in [0.1, 0.15) is 11.6 Å². The van der Waals surface area contributed by atoms with E-state index in [1.807, 2.05) is 13.0 Å². The molecule has 0 amide bonds. The Morgan fingerprint density at radius 2 is 1.94 bits per heavy atom. The van der Waals surface area contributed by atoms with E-state index in [-0.39, 0.29) is 5.82 Å². The van der Waals surface area contributed by atoms with Gasteiger partial charge in [0.05, 0.1) is 0 Å². The molecule has 2 rings (SSSR count). The third-order valence-corrected chi connectivity index (χ3v) is 2.69. The van der Waals surface area contributed by atoms with Crippen LogP contribution in [0.15, 0.2) is 30.5 Å². The van der Waals surface area contributed by atoms with Crippen molar-refractivity contribution in [1.29, 1.82) is 0 Å². The van der Waals surface area contributed by atoms with Crippen molar-refractivity contribution in [2.45, 2.75) is 13.8 Å². The summed E-state index contributed by atoms with van der Waals surface area (Å²) in [7, 11) is 0. The third kappa shape index (κ3) is 1.76. The van der Waals surface area contributed by atoms with Gasteiger partial charge in [-0.3, -0.25) is 0 Å². The number of benzene rings is 1. The minimum absolute atomic E-state index is 0.200. The minimum atomic E-state index is -0.200. The Labute approximate surface area is 93.9 Å². The van der Waals surface area contributed by atoms with Gasteiger partial charge in [-0.1, -0.05) is 12.1 Å². The van der Waals surface area contributed by atoms with Crippen LogP contribution in [0.3, 0.4) is 0 Å². The Morgan fingerprint density at radius 1 is 1.19 bits per heavy atom. The van der Waals surface area contributed by atoms with Gasteiger partial charge in [0.25, 0.3) is 0 Å². The largest absolute Gasteiger partial charge is 0.384 e. The second-order valence-corrected chi connectivity index (χ2v) is 3.84. The zero-order valence-corrected chi connectivity index (χ0v) is 9.29. The second kappa shape index (κ2) is 3.93. The van der Waals surface area contributed by atoms with Crippen molar-refractivity contribution < 1.29 is 4.39 Å². The highest BCUT2D eigenvalue weighted by molar-refractivity contribution is 5.70.